The van der Waals surface area contributed by atoms with E-state index in [-0.39, 0.29) is 5.41 Å². The summed E-state index contributed by atoms with van der Waals surface area (Å²) in [7, 11) is 2.23. The lowest BCUT2D eigenvalue weighted by Gasteiger charge is -2.28. The fourth-order valence-corrected chi connectivity index (χ4v) is 2.87. The van der Waals surface area contributed by atoms with E-state index in [1.807, 2.05) is 12.1 Å². The molecule has 4 heteroatoms. The van der Waals surface area contributed by atoms with Gasteiger partial charge in [0, 0.05) is 0 Å². The minimum atomic E-state index is -0.393. The maximum Gasteiger partial charge on any atom is 0.137 e. The summed E-state index contributed by atoms with van der Waals surface area (Å²) in [5, 5.41) is 10.2. The van der Waals surface area contributed by atoms with Crippen LogP contribution < -0.4 is 14.5 Å². The predicted molar refractivity (Wildman–Crippen MR) is 88.8 cm³/mol. The van der Waals surface area contributed by atoms with Crippen molar-refractivity contribution in [2.45, 2.75) is 32.3 Å². The zero-order valence-corrected chi connectivity index (χ0v) is 14.5. The van der Waals surface area contributed by atoms with Gasteiger partial charge in [0.2, 0.25) is 0 Å². The van der Waals surface area contributed by atoms with Gasteiger partial charge in [-0.1, -0.05) is 32.9 Å². The van der Waals surface area contributed by atoms with Gasteiger partial charge in [-0.15, -0.1) is 0 Å². The van der Waals surface area contributed by atoms with Crippen LogP contribution in [0, 0.1) is 0 Å². The second-order valence-corrected chi connectivity index (χ2v) is 7.65. The lowest BCUT2D eigenvalue weighted by molar-refractivity contribution is -1.00. The van der Waals surface area contributed by atoms with Gasteiger partial charge in [-0.3, -0.25) is 0 Å². The number of benzene rings is 1. The van der Waals surface area contributed by atoms with Crippen LogP contribution >= 0.6 is 0 Å². The second-order valence-electron chi connectivity index (χ2n) is 7.65. The highest BCUT2D eigenvalue weighted by atomic mass is 16.5. The molecule has 4 nitrogen and oxygen atoms in total. The minimum Gasteiger partial charge on any atom is -0.491 e. The van der Waals surface area contributed by atoms with Crippen LogP contribution in [0.25, 0.3) is 0 Å². The first-order chi connectivity index (χ1) is 10.3. The van der Waals surface area contributed by atoms with Gasteiger partial charge in [-0.25, -0.2) is 0 Å². The first kappa shape index (κ1) is 17.3. The monoisotopic (exact) mass is 308 g/mol. The highest BCUT2D eigenvalue weighted by molar-refractivity contribution is 5.31. The molecule has 0 bridgehead atoms. The van der Waals surface area contributed by atoms with E-state index in [0.29, 0.717) is 6.61 Å². The average Bonchev–Trinajstić information content (AvgIpc) is 2.47. The van der Waals surface area contributed by atoms with Crippen LogP contribution in [-0.2, 0) is 5.41 Å². The second kappa shape index (κ2) is 7.44. The Kier molecular flexibility index (Phi) is 5.84. The van der Waals surface area contributed by atoms with Gasteiger partial charge in [-0.2, -0.15) is 0 Å². The fraction of sp³-hybridized carbons (Fsp3) is 0.667. The Labute approximate surface area is 134 Å². The maximum atomic E-state index is 10.2. The number of hydrogen-bond donors (Lipinski definition) is 3. The lowest BCUT2D eigenvalue weighted by Crippen LogP contribution is -3.27. The summed E-state index contributed by atoms with van der Waals surface area (Å²) >= 11 is 0. The summed E-state index contributed by atoms with van der Waals surface area (Å²) in [6.45, 7) is 12.4. The van der Waals surface area contributed by atoms with Crippen molar-refractivity contribution in [3.63, 3.8) is 0 Å². The third-order valence-corrected chi connectivity index (χ3v) is 4.50. The molecule has 1 aromatic carbocycles. The van der Waals surface area contributed by atoms with Crippen molar-refractivity contribution in [2.75, 3.05) is 46.4 Å². The third-order valence-electron chi connectivity index (χ3n) is 4.50. The molecule has 1 fully saturated rings. The number of nitrogens with one attached hydrogen (secondary N) is 2. The molecule has 22 heavy (non-hydrogen) atoms. The van der Waals surface area contributed by atoms with Gasteiger partial charge in [0.05, 0.1) is 7.05 Å². The summed E-state index contributed by atoms with van der Waals surface area (Å²) in [6, 6.07) is 8.21. The van der Waals surface area contributed by atoms with Gasteiger partial charge in [-0.05, 0) is 23.1 Å². The van der Waals surface area contributed by atoms with Crippen LogP contribution in [0.1, 0.15) is 26.3 Å². The molecule has 0 aromatic heterocycles. The van der Waals surface area contributed by atoms with E-state index in [1.54, 1.807) is 4.90 Å². The van der Waals surface area contributed by atoms with Crippen molar-refractivity contribution in [1.82, 2.24) is 0 Å². The SMILES string of the molecule is C[NH+]1CC[NH+](CC(O)COc2ccc(C(C)(C)C)cc2)CC1. The third kappa shape index (κ3) is 5.27. The number of ether oxygens (including phenoxy) is 1. The Hall–Kier alpha value is -1.10. The Morgan fingerprint density at radius 3 is 2.23 bits per heavy atom. The molecule has 0 saturated carbocycles. The average molecular weight is 308 g/mol. The predicted octanol–water partition coefficient (Wildman–Crippen LogP) is -0.863. The van der Waals surface area contributed by atoms with Gasteiger partial charge in [0.1, 0.15) is 51.2 Å². The summed E-state index contributed by atoms with van der Waals surface area (Å²) < 4.78 is 5.73. The molecule has 1 aliphatic heterocycles. The topological polar surface area (TPSA) is 38.3 Å². The van der Waals surface area contributed by atoms with E-state index >= 15 is 0 Å². The molecule has 0 radical (unpaired) electrons. The molecule has 1 aromatic rings. The molecule has 0 amide bonds. The van der Waals surface area contributed by atoms with Crippen molar-refractivity contribution >= 4 is 0 Å². The van der Waals surface area contributed by atoms with Gasteiger partial charge in [0.25, 0.3) is 0 Å². The standard InChI is InChI=1S/C18H30N2O2/c1-18(2,3)15-5-7-17(8-6-15)22-14-16(21)13-20-11-9-19(4)10-12-20/h5-8,16,21H,9-14H2,1-4H3/p+2. The quantitative estimate of drug-likeness (QED) is 0.662. The number of quaternary nitrogens is 2. The Morgan fingerprint density at radius 1 is 1.09 bits per heavy atom. The van der Waals surface area contributed by atoms with E-state index in [2.05, 4.69) is 40.0 Å². The van der Waals surface area contributed by atoms with Gasteiger partial charge < -0.3 is 19.6 Å². The van der Waals surface area contributed by atoms with E-state index < -0.39 is 6.10 Å². The molecule has 2 rings (SSSR count). The van der Waals surface area contributed by atoms with Crippen molar-refractivity contribution in [3.05, 3.63) is 29.8 Å². The molecule has 0 aliphatic carbocycles. The first-order valence-electron chi connectivity index (χ1n) is 8.41. The maximum absolute atomic E-state index is 10.2. The highest BCUT2D eigenvalue weighted by Gasteiger charge is 2.22. The molecule has 124 valence electrons. The zero-order valence-electron chi connectivity index (χ0n) is 14.5. The normalized spacial score (nSPS) is 24.0. The van der Waals surface area contributed by atoms with Crippen LogP contribution in [0.5, 0.6) is 5.75 Å². The van der Waals surface area contributed by atoms with Crippen LogP contribution in [0.15, 0.2) is 24.3 Å². The molecule has 1 atom stereocenters. The van der Waals surface area contributed by atoms with Crippen LogP contribution in [0.4, 0.5) is 0 Å². The van der Waals surface area contributed by atoms with E-state index in [9.17, 15) is 5.11 Å². The van der Waals surface area contributed by atoms with Crippen LogP contribution in [-0.4, -0.2) is 57.6 Å². The fourth-order valence-electron chi connectivity index (χ4n) is 2.87. The molecular weight excluding hydrogens is 276 g/mol. The molecule has 3 N–H and O–H groups in total. The van der Waals surface area contributed by atoms with Crippen molar-refractivity contribution in [1.29, 1.82) is 0 Å². The number of piperazine rings is 1. The van der Waals surface area contributed by atoms with Crippen LogP contribution in [0.2, 0.25) is 0 Å². The van der Waals surface area contributed by atoms with E-state index in [4.69, 9.17) is 4.74 Å². The first-order valence-corrected chi connectivity index (χ1v) is 8.41. The van der Waals surface area contributed by atoms with E-state index in [1.165, 1.54) is 23.6 Å². The number of rotatable bonds is 5. The summed E-state index contributed by atoms with van der Waals surface area (Å²) in [6.07, 6.45) is -0.393. The van der Waals surface area contributed by atoms with Crippen molar-refractivity contribution in [3.8, 4) is 5.75 Å². The molecule has 1 unspecified atom stereocenters. The number of aliphatic hydroxyl groups excluding tert-OH is 1. The molecule has 1 aliphatic rings. The van der Waals surface area contributed by atoms with Gasteiger partial charge in [0.15, 0.2) is 0 Å². The summed E-state index contributed by atoms with van der Waals surface area (Å²) in [5.41, 5.74) is 1.45. The molecule has 1 saturated heterocycles. The number of likely N-dealkylation sites (N-methyl/N-ethyl adjacent to an activating group) is 1. The highest BCUT2D eigenvalue weighted by Crippen LogP contribution is 2.24. The molecule has 1 heterocycles. The zero-order chi connectivity index (χ0) is 16.2. The lowest BCUT2D eigenvalue weighted by atomic mass is 9.87. The molecular formula is C18H32N2O2+2. The summed E-state index contributed by atoms with van der Waals surface area (Å²) in [4.78, 5) is 3.08. The Morgan fingerprint density at radius 2 is 1.68 bits per heavy atom. The largest absolute Gasteiger partial charge is 0.491 e. The van der Waals surface area contributed by atoms with Crippen molar-refractivity contribution in [2.24, 2.45) is 0 Å². The Balaban J connectivity index is 1.75. The van der Waals surface area contributed by atoms with Crippen LogP contribution in [0.3, 0.4) is 0 Å². The van der Waals surface area contributed by atoms with E-state index in [0.717, 1.165) is 25.4 Å². The van der Waals surface area contributed by atoms with Crippen molar-refractivity contribution < 1.29 is 19.6 Å². The molecule has 0 spiro atoms. The Bertz CT molecular complexity index is 445. The smallest absolute Gasteiger partial charge is 0.137 e. The minimum absolute atomic E-state index is 0.158. The number of aliphatic hydroxyl groups is 1. The van der Waals surface area contributed by atoms with Gasteiger partial charge >= 0.3 is 0 Å². The number of hydrogen-bond acceptors (Lipinski definition) is 2. The summed E-state index contributed by atoms with van der Waals surface area (Å²) in [5.74, 6) is 0.838.